The molecule has 0 bridgehead atoms. The van der Waals surface area contributed by atoms with Gasteiger partial charge >= 0.3 is 0 Å². The number of para-hydroxylation sites is 1. The number of amides is 1. The predicted octanol–water partition coefficient (Wildman–Crippen LogP) is 1.72. The van der Waals surface area contributed by atoms with Crippen LogP contribution in [0.4, 0.5) is 0 Å². The summed E-state index contributed by atoms with van der Waals surface area (Å²) < 4.78 is 1.69. The Morgan fingerprint density at radius 2 is 2.10 bits per heavy atom. The summed E-state index contributed by atoms with van der Waals surface area (Å²) >= 11 is 1.72. The molecule has 0 saturated carbocycles. The first-order chi connectivity index (χ1) is 10.3. The molecule has 1 aromatic heterocycles. The molecule has 0 unspecified atom stereocenters. The maximum Gasteiger partial charge on any atom is 0.254 e. The lowest BCUT2D eigenvalue weighted by atomic mass is 10.3. The summed E-state index contributed by atoms with van der Waals surface area (Å²) in [5.74, 6) is 1.65. The van der Waals surface area contributed by atoms with E-state index < -0.39 is 0 Å². The molecule has 0 spiro atoms. The van der Waals surface area contributed by atoms with E-state index in [0.29, 0.717) is 12.1 Å². The first kappa shape index (κ1) is 15.6. The van der Waals surface area contributed by atoms with E-state index in [0.717, 1.165) is 23.6 Å². The number of nitrogens with zero attached hydrogens (tertiary/aromatic N) is 2. The van der Waals surface area contributed by atoms with Gasteiger partial charge in [-0.2, -0.15) is 16.9 Å². The van der Waals surface area contributed by atoms with Crippen molar-refractivity contribution < 1.29 is 9.90 Å². The van der Waals surface area contributed by atoms with Crippen molar-refractivity contribution in [1.82, 2.24) is 15.1 Å². The largest absolute Gasteiger partial charge is 0.396 e. The number of aromatic nitrogens is 2. The Hall–Kier alpha value is -1.79. The van der Waals surface area contributed by atoms with Gasteiger partial charge in [0.15, 0.2) is 0 Å². The Kier molecular flexibility index (Phi) is 6.30. The van der Waals surface area contributed by atoms with Crippen molar-refractivity contribution in [3.8, 4) is 5.69 Å². The highest BCUT2D eigenvalue weighted by atomic mass is 32.2. The van der Waals surface area contributed by atoms with E-state index in [4.69, 9.17) is 5.11 Å². The molecule has 6 heteroatoms. The molecule has 2 N–H and O–H groups in total. The Balaban J connectivity index is 1.80. The maximum atomic E-state index is 12.0. The van der Waals surface area contributed by atoms with Gasteiger partial charge in [0, 0.05) is 25.1 Å². The van der Waals surface area contributed by atoms with Gasteiger partial charge in [-0.05, 0) is 24.3 Å². The van der Waals surface area contributed by atoms with Crippen molar-refractivity contribution in [2.45, 2.75) is 6.42 Å². The lowest BCUT2D eigenvalue weighted by Crippen LogP contribution is -2.25. The molecule has 5 nitrogen and oxygen atoms in total. The molecule has 112 valence electrons. The van der Waals surface area contributed by atoms with Crippen LogP contribution in [0.25, 0.3) is 5.69 Å². The Morgan fingerprint density at radius 3 is 2.86 bits per heavy atom. The van der Waals surface area contributed by atoms with Crippen LogP contribution in [0.3, 0.4) is 0 Å². The number of carbonyl (C=O) groups is 1. The molecule has 1 heterocycles. The minimum Gasteiger partial charge on any atom is -0.396 e. The highest BCUT2D eigenvalue weighted by Gasteiger charge is 2.08. The second-order valence-corrected chi connectivity index (χ2v) is 5.68. The van der Waals surface area contributed by atoms with Crippen LogP contribution in [0.5, 0.6) is 0 Å². The zero-order valence-corrected chi connectivity index (χ0v) is 12.6. The molecular weight excluding hydrogens is 286 g/mol. The molecule has 21 heavy (non-hydrogen) atoms. The van der Waals surface area contributed by atoms with E-state index in [1.165, 1.54) is 0 Å². The number of carbonyl (C=O) groups excluding carboxylic acids is 1. The molecule has 0 radical (unpaired) electrons. The topological polar surface area (TPSA) is 67.2 Å². The second-order valence-electron chi connectivity index (χ2n) is 4.45. The van der Waals surface area contributed by atoms with Gasteiger partial charge in [0.05, 0.1) is 17.4 Å². The van der Waals surface area contributed by atoms with Crippen molar-refractivity contribution in [3.63, 3.8) is 0 Å². The molecular formula is C15H19N3O2S. The third kappa shape index (κ3) is 4.91. The van der Waals surface area contributed by atoms with Gasteiger partial charge in [0.25, 0.3) is 5.91 Å². The van der Waals surface area contributed by atoms with E-state index in [-0.39, 0.29) is 12.5 Å². The number of aliphatic hydroxyl groups excluding tert-OH is 1. The molecule has 0 aliphatic rings. The fourth-order valence-electron chi connectivity index (χ4n) is 1.77. The van der Waals surface area contributed by atoms with Gasteiger partial charge in [0.1, 0.15) is 0 Å². The lowest BCUT2D eigenvalue weighted by molar-refractivity contribution is 0.0956. The SMILES string of the molecule is O=C(NCCSCCCO)c1cnn(-c2ccccc2)c1. The zero-order valence-electron chi connectivity index (χ0n) is 11.7. The van der Waals surface area contributed by atoms with Crippen molar-refractivity contribution in [2.75, 3.05) is 24.7 Å². The third-order valence-electron chi connectivity index (χ3n) is 2.84. The summed E-state index contributed by atoms with van der Waals surface area (Å²) in [4.78, 5) is 12.0. The Labute approximate surface area is 128 Å². The normalized spacial score (nSPS) is 10.5. The third-order valence-corrected chi connectivity index (χ3v) is 3.91. The standard InChI is InChI=1S/C15H19N3O2S/c19-8-4-9-21-10-7-16-15(20)13-11-17-18(12-13)14-5-2-1-3-6-14/h1-3,5-6,11-12,19H,4,7-10H2,(H,16,20). The van der Waals surface area contributed by atoms with Crippen LogP contribution in [0, 0.1) is 0 Å². The number of benzene rings is 1. The van der Waals surface area contributed by atoms with E-state index in [9.17, 15) is 4.79 Å². The van der Waals surface area contributed by atoms with E-state index in [1.807, 2.05) is 30.3 Å². The summed E-state index contributed by atoms with van der Waals surface area (Å²) in [6.45, 7) is 0.837. The first-order valence-corrected chi connectivity index (χ1v) is 8.03. The van der Waals surface area contributed by atoms with Crippen LogP contribution in [0.2, 0.25) is 0 Å². The fourth-order valence-corrected chi connectivity index (χ4v) is 2.55. The van der Waals surface area contributed by atoms with Crippen LogP contribution in [0.15, 0.2) is 42.7 Å². The summed E-state index contributed by atoms with van der Waals surface area (Å²) in [7, 11) is 0. The minimum atomic E-state index is -0.111. The lowest BCUT2D eigenvalue weighted by Gasteiger charge is -2.03. The highest BCUT2D eigenvalue weighted by Crippen LogP contribution is 2.07. The average molecular weight is 305 g/mol. The number of nitrogens with one attached hydrogen (secondary N) is 1. The van der Waals surface area contributed by atoms with Gasteiger partial charge in [-0.1, -0.05) is 18.2 Å². The smallest absolute Gasteiger partial charge is 0.254 e. The van der Waals surface area contributed by atoms with Crippen molar-refractivity contribution in [3.05, 3.63) is 48.3 Å². The van der Waals surface area contributed by atoms with Gasteiger partial charge in [0.2, 0.25) is 0 Å². The fraction of sp³-hybridized carbons (Fsp3) is 0.333. The molecule has 1 aromatic carbocycles. The summed E-state index contributed by atoms with van der Waals surface area (Å²) in [5, 5.41) is 15.7. The van der Waals surface area contributed by atoms with Crippen LogP contribution in [0.1, 0.15) is 16.8 Å². The predicted molar refractivity (Wildman–Crippen MR) is 84.9 cm³/mol. The first-order valence-electron chi connectivity index (χ1n) is 6.88. The summed E-state index contributed by atoms with van der Waals surface area (Å²) in [6.07, 6.45) is 4.09. The quantitative estimate of drug-likeness (QED) is 0.729. The molecule has 0 aliphatic carbocycles. The van der Waals surface area contributed by atoms with Gasteiger partial charge < -0.3 is 10.4 Å². The van der Waals surface area contributed by atoms with Crippen LogP contribution in [-0.2, 0) is 0 Å². The average Bonchev–Trinajstić information content (AvgIpc) is 3.01. The Bertz CT molecular complexity index is 557. The summed E-state index contributed by atoms with van der Waals surface area (Å²) in [5.41, 5.74) is 1.48. The number of hydrogen-bond acceptors (Lipinski definition) is 4. The van der Waals surface area contributed by atoms with Crippen molar-refractivity contribution in [2.24, 2.45) is 0 Å². The van der Waals surface area contributed by atoms with E-state index >= 15 is 0 Å². The highest BCUT2D eigenvalue weighted by molar-refractivity contribution is 7.99. The van der Waals surface area contributed by atoms with Crippen LogP contribution < -0.4 is 5.32 Å². The maximum absolute atomic E-state index is 12.0. The number of thioether (sulfide) groups is 1. The molecule has 2 aromatic rings. The van der Waals surface area contributed by atoms with E-state index in [1.54, 1.807) is 28.8 Å². The van der Waals surface area contributed by atoms with Crippen molar-refractivity contribution >= 4 is 17.7 Å². The zero-order chi connectivity index (χ0) is 14.9. The van der Waals surface area contributed by atoms with Crippen LogP contribution >= 0.6 is 11.8 Å². The van der Waals surface area contributed by atoms with Crippen LogP contribution in [-0.4, -0.2) is 45.5 Å². The number of aliphatic hydroxyl groups is 1. The summed E-state index contributed by atoms with van der Waals surface area (Å²) in [6, 6.07) is 9.68. The van der Waals surface area contributed by atoms with Gasteiger partial charge in [-0.15, -0.1) is 0 Å². The van der Waals surface area contributed by atoms with E-state index in [2.05, 4.69) is 10.4 Å². The second kappa shape index (κ2) is 8.49. The monoisotopic (exact) mass is 305 g/mol. The molecule has 0 fully saturated rings. The molecule has 2 rings (SSSR count). The molecule has 1 amide bonds. The molecule has 0 atom stereocenters. The minimum absolute atomic E-state index is 0.111. The number of hydrogen-bond donors (Lipinski definition) is 2. The molecule has 0 aliphatic heterocycles. The molecule has 0 saturated heterocycles. The number of rotatable bonds is 8. The van der Waals surface area contributed by atoms with Gasteiger partial charge in [-0.25, -0.2) is 4.68 Å². The van der Waals surface area contributed by atoms with Crippen molar-refractivity contribution in [1.29, 1.82) is 0 Å². The Morgan fingerprint density at radius 1 is 1.29 bits per heavy atom. The van der Waals surface area contributed by atoms with Gasteiger partial charge in [-0.3, -0.25) is 4.79 Å².